The molecule has 1 aliphatic rings. The second-order valence-electron chi connectivity index (χ2n) is 4.16. The Morgan fingerprint density at radius 3 is 2.93 bits per heavy atom. The number of carbonyl (C=O) groups excluding carboxylic acids is 1. The van der Waals surface area contributed by atoms with Crippen molar-refractivity contribution >= 4 is 11.7 Å². The number of nitrogens with two attached hydrogens (primary N) is 1. The SMILES string of the molecule is CC(NC(=O)c1cc(N)n[nH]1)C1CCC1. The molecule has 1 heterocycles. The fraction of sp³-hybridized carbons (Fsp3) is 0.600. The molecule has 1 aromatic rings. The van der Waals surface area contributed by atoms with Crippen LogP contribution in [0.3, 0.4) is 0 Å². The highest BCUT2D eigenvalue weighted by molar-refractivity contribution is 5.93. The van der Waals surface area contributed by atoms with Crippen molar-refractivity contribution in [3.05, 3.63) is 11.8 Å². The van der Waals surface area contributed by atoms with Crippen LogP contribution in [0.15, 0.2) is 6.07 Å². The summed E-state index contributed by atoms with van der Waals surface area (Å²) in [5.41, 5.74) is 5.85. The van der Waals surface area contributed by atoms with Crippen molar-refractivity contribution in [3.8, 4) is 0 Å². The zero-order valence-corrected chi connectivity index (χ0v) is 8.79. The summed E-state index contributed by atoms with van der Waals surface area (Å²) < 4.78 is 0. The lowest BCUT2D eigenvalue weighted by Crippen LogP contribution is -2.40. The van der Waals surface area contributed by atoms with Gasteiger partial charge in [0, 0.05) is 12.1 Å². The minimum absolute atomic E-state index is 0.126. The van der Waals surface area contributed by atoms with Crippen molar-refractivity contribution in [1.82, 2.24) is 15.5 Å². The van der Waals surface area contributed by atoms with E-state index in [0.29, 0.717) is 17.4 Å². The first-order valence-corrected chi connectivity index (χ1v) is 5.28. The lowest BCUT2D eigenvalue weighted by molar-refractivity contribution is 0.0904. The standard InChI is InChI=1S/C10H16N4O/c1-6(7-3-2-4-7)12-10(15)8-5-9(11)14-13-8/h5-7H,2-4H2,1H3,(H,12,15)(H3,11,13,14). The number of aromatic amines is 1. The van der Waals surface area contributed by atoms with Crippen LogP contribution in [-0.4, -0.2) is 22.1 Å². The minimum atomic E-state index is -0.126. The van der Waals surface area contributed by atoms with Gasteiger partial charge in [0.25, 0.3) is 5.91 Å². The molecular formula is C10H16N4O. The maximum atomic E-state index is 11.7. The molecule has 1 atom stereocenters. The van der Waals surface area contributed by atoms with Crippen LogP contribution in [0.25, 0.3) is 0 Å². The summed E-state index contributed by atoms with van der Waals surface area (Å²) in [6, 6.07) is 1.78. The quantitative estimate of drug-likeness (QED) is 0.690. The summed E-state index contributed by atoms with van der Waals surface area (Å²) in [6.45, 7) is 2.04. The van der Waals surface area contributed by atoms with Crippen molar-refractivity contribution in [2.45, 2.75) is 32.2 Å². The second-order valence-corrected chi connectivity index (χ2v) is 4.16. The van der Waals surface area contributed by atoms with Crippen LogP contribution < -0.4 is 11.1 Å². The Balaban J connectivity index is 1.91. The molecule has 1 aromatic heterocycles. The van der Waals surface area contributed by atoms with Gasteiger partial charge in [0.1, 0.15) is 11.5 Å². The van der Waals surface area contributed by atoms with E-state index in [4.69, 9.17) is 5.73 Å². The molecule has 0 saturated heterocycles. The van der Waals surface area contributed by atoms with Gasteiger partial charge in [-0.2, -0.15) is 5.10 Å². The van der Waals surface area contributed by atoms with E-state index in [1.165, 1.54) is 19.3 Å². The third-order valence-corrected chi connectivity index (χ3v) is 3.06. The summed E-state index contributed by atoms with van der Waals surface area (Å²) in [5.74, 6) is 0.851. The van der Waals surface area contributed by atoms with E-state index in [1.807, 2.05) is 6.92 Å². The molecular weight excluding hydrogens is 192 g/mol. The number of nitrogen functional groups attached to an aromatic ring is 1. The van der Waals surface area contributed by atoms with Crippen LogP contribution in [0.5, 0.6) is 0 Å². The third-order valence-electron chi connectivity index (χ3n) is 3.06. The molecule has 1 fully saturated rings. The number of hydrogen-bond acceptors (Lipinski definition) is 3. The Bertz CT molecular complexity index is 356. The van der Waals surface area contributed by atoms with E-state index in [0.717, 1.165) is 0 Å². The highest BCUT2D eigenvalue weighted by Crippen LogP contribution is 2.29. The summed E-state index contributed by atoms with van der Waals surface area (Å²) in [7, 11) is 0. The number of H-pyrrole nitrogens is 1. The molecule has 1 aliphatic carbocycles. The molecule has 15 heavy (non-hydrogen) atoms. The molecule has 0 aromatic carbocycles. The minimum Gasteiger partial charge on any atom is -0.382 e. The van der Waals surface area contributed by atoms with Gasteiger partial charge in [0.2, 0.25) is 0 Å². The van der Waals surface area contributed by atoms with Gasteiger partial charge in [-0.05, 0) is 25.7 Å². The van der Waals surface area contributed by atoms with Crippen molar-refractivity contribution in [3.63, 3.8) is 0 Å². The van der Waals surface area contributed by atoms with Gasteiger partial charge in [-0.15, -0.1) is 0 Å². The van der Waals surface area contributed by atoms with E-state index in [2.05, 4.69) is 15.5 Å². The Labute approximate surface area is 88.4 Å². The molecule has 0 spiro atoms. The molecule has 0 radical (unpaired) electrons. The van der Waals surface area contributed by atoms with E-state index in [1.54, 1.807) is 6.07 Å². The predicted octanol–water partition coefficient (Wildman–Crippen LogP) is 0.910. The number of aromatic nitrogens is 2. The lowest BCUT2D eigenvalue weighted by atomic mass is 9.80. The second kappa shape index (κ2) is 3.92. The summed E-state index contributed by atoms with van der Waals surface area (Å²) >= 11 is 0. The Morgan fingerprint density at radius 2 is 2.47 bits per heavy atom. The van der Waals surface area contributed by atoms with Crippen LogP contribution >= 0.6 is 0 Å². The highest BCUT2D eigenvalue weighted by Gasteiger charge is 2.25. The van der Waals surface area contributed by atoms with Crippen LogP contribution in [0.2, 0.25) is 0 Å². The molecule has 2 rings (SSSR count). The number of amides is 1. The number of rotatable bonds is 3. The fourth-order valence-corrected chi connectivity index (χ4v) is 1.80. The van der Waals surface area contributed by atoms with Gasteiger partial charge in [0.05, 0.1) is 0 Å². The van der Waals surface area contributed by atoms with Crippen molar-refractivity contribution in [1.29, 1.82) is 0 Å². The first kappa shape index (κ1) is 10.0. The molecule has 1 amide bonds. The van der Waals surface area contributed by atoms with E-state index in [-0.39, 0.29) is 11.9 Å². The Morgan fingerprint density at radius 1 is 1.73 bits per heavy atom. The Kier molecular flexibility index (Phi) is 2.62. The zero-order valence-electron chi connectivity index (χ0n) is 8.79. The first-order chi connectivity index (χ1) is 7.16. The summed E-state index contributed by atoms with van der Waals surface area (Å²) in [6.07, 6.45) is 3.71. The number of hydrogen-bond donors (Lipinski definition) is 3. The predicted molar refractivity (Wildman–Crippen MR) is 57.3 cm³/mol. The van der Waals surface area contributed by atoms with Crippen LogP contribution in [0.1, 0.15) is 36.7 Å². The normalized spacial score (nSPS) is 18.2. The summed E-state index contributed by atoms with van der Waals surface area (Å²) in [4.78, 5) is 11.7. The monoisotopic (exact) mass is 208 g/mol. The smallest absolute Gasteiger partial charge is 0.269 e. The molecule has 0 bridgehead atoms. The van der Waals surface area contributed by atoms with Gasteiger partial charge in [0.15, 0.2) is 0 Å². The average Bonchev–Trinajstić information content (AvgIpc) is 2.48. The largest absolute Gasteiger partial charge is 0.382 e. The van der Waals surface area contributed by atoms with Gasteiger partial charge < -0.3 is 11.1 Å². The van der Waals surface area contributed by atoms with Crippen molar-refractivity contribution in [2.24, 2.45) is 5.92 Å². The molecule has 1 saturated carbocycles. The number of carbonyl (C=O) groups is 1. The number of nitrogens with zero attached hydrogens (tertiary/aromatic N) is 1. The number of anilines is 1. The Hall–Kier alpha value is -1.52. The topological polar surface area (TPSA) is 83.8 Å². The van der Waals surface area contributed by atoms with Crippen molar-refractivity contribution < 1.29 is 4.79 Å². The van der Waals surface area contributed by atoms with Crippen LogP contribution in [0.4, 0.5) is 5.82 Å². The van der Waals surface area contributed by atoms with Gasteiger partial charge in [-0.25, -0.2) is 0 Å². The number of nitrogens with one attached hydrogen (secondary N) is 2. The summed E-state index contributed by atoms with van der Waals surface area (Å²) in [5, 5.41) is 9.26. The maximum absolute atomic E-state index is 11.7. The van der Waals surface area contributed by atoms with E-state index >= 15 is 0 Å². The zero-order chi connectivity index (χ0) is 10.8. The highest BCUT2D eigenvalue weighted by atomic mass is 16.2. The first-order valence-electron chi connectivity index (χ1n) is 5.28. The van der Waals surface area contributed by atoms with Crippen LogP contribution in [-0.2, 0) is 0 Å². The molecule has 0 aliphatic heterocycles. The molecule has 5 nitrogen and oxygen atoms in total. The van der Waals surface area contributed by atoms with Crippen LogP contribution in [0, 0.1) is 5.92 Å². The maximum Gasteiger partial charge on any atom is 0.269 e. The van der Waals surface area contributed by atoms with Gasteiger partial charge in [-0.3, -0.25) is 9.89 Å². The molecule has 5 heteroatoms. The average molecular weight is 208 g/mol. The van der Waals surface area contributed by atoms with Gasteiger partial charge in [-0.1, -0.05) is 6.42 Å². The lowest BCUT2D eigenvalue weighted by Gasteiger charge is -2.31. The third kappa shape index (κ3) is 2.11. The molecule has 4 N–H and O–H groups in total. The molecule has 82 valence electrons. The molecule has 1 unspecified atom stereocenters. The van der Waals surface area contributed by atoms with Crippen molar-refractivity contribution in [2.75, 3.05) is 5.73 Å². The van der Waals surface area contributed by atoms with E-state index in [9.17, 15) is 4.79 Å². The van der Waals surface area contributed by atoms with E-state index < -0.39 is 0 Å². The van der Waals surface area contributed by atoms with Gasteiger partial charge >= 0.3 is 0 Å². The fourth-order valence-electron chi connectivity index (χ4n) is 1.80.